The number of amides is 1. The Bertz CT molecular complexity index is 1210. The van der Waals surface area contributed by atoms with Gasteiger partial charge in [-0.15, -0.1) is 5.10 Å². The van der Waals surface area contributed by atoms with Crippen molar-refractivity contribution in [1.82, 2.24) is 34.4 Å². The number of imidazole rings is 1. The summed E-state index contributed by atoms with van der Waals surface area (Å²) in [6.45, 7) is 7.16. The number of anilines is 1. The van der Waals surface area contributed by atoms with Gasteiger partial charge in [0.25, 0.3) is 5.78 Å². The van der Waals surface area contributed by atoms with Gasteiger partial charge in [0.15, 0.2) is 0 Å². The Hall–Kier alpha value is -3.49. The number of carbonyl (C=O) groups excluding carboxylic acids is 1. The first kappa shape index (κ1) is 18.9. The Labute approximate surface area is 168 Å². The summed E-state index contributed by atoms with van der Waals surface area (Å²) >= 11 is 0. The van der Waals surface area contributed by atoms with Crippen molar-refractivity contribution in [3.63, 3.8) is 0 Å². The van der Waals surface area contributed by atoms with E-state index in [1.165, 1.54) is 0 Å². The van der Waals surface area contributed by atoms with Gasteiger partial charge in [-0.1, -0.05) is 12.1 Å². The van der Waals surface area contributed by atoms with Crippen LogP contribution in [0.25, 0.3) is 16.8 Å². The maximum absolute atomic E-state index is 12.5. The molecule has 9 heteroatoms. The molecule has 1 amide bonds. The van der Waals surface area contributed by atoms with Crippen LogP contribution in [-0.4, -0.2) is 41.6 Å². The summed E-state index contributed by atoms with van der Waals surface area (Å²) in [5.74, 6) is 1.56. The number of hydrogen-bond donors (Lipinski definition) is 2. The highest BCUT2D eigenvalue weighted by Crippen LogP contribution is 2.16. The lowest BCUT2D eigenvalue weighted by Gasteiger charge is -2.11. The number of aromatic nitrogens is 6. The van der Waals surface area contributed by atoms with Crippen molar-refractivity contribution >= 4 is 28.7 Å². The molecule has 0 fully saturated rings. The van der Waals surface area contributed by atoms with E-state index < -0.39 is 0 Å². The lowest BCUT2D eigenvalue weighted by Crippen LogP contribution is -2.28. The van der Waals surface area contributed by atoms with E-state index in [4.69, 9.17) is 5.73 Å². The summed E-state index contributed by atoms with van der Waals surface area (Å²) < 4.78 is 3.76. The van der Waals surface area contributed by atoms with Gasteiger partial charge in [-0.25, -0.2) is 9.97 Å². The van der Waals surface area contributed by atoms with Crippen LogP contribution in [0.2, 0.25) is 0 Å². The van der Waals surface area contributed by atoms with Crippen molar-refractivity contribution in [2.75, 3.05) is 12.3 Å². The average Bonchev–Trinajstić information content (AvgIpc) is 3.21. The zero-order valence-corrected chi connectivity index (χ0v) is 16.8. The predicted molar refractivity (Wildman–Crippen MR) is 110 cm³/mol. The van der Waals surface area contributed by atoms with Crippen molar-refractivity contribution in [3.8, 4) is 0 Å². The van der Waals surface area contributed by atoms with Gasteiger partial charge in [-0.3, -0.25) is 4.79 Å². The third kappa shape index (κ3) is 3.63. The number of nitrogen functional groups attached to an aromatic ring is 1. The molecule has 0 aliphatic carbocycles. The van der Waals surface area contributed by atoms with E-state index in [2.05, 4.69) is 36.0 Å². The van der Waals surface area contributed by atoms with Gasteiger partial charge in [-0.2, -0.15) is 9.50 Å². The van der Waals surface area contributed by atoms with Crippen molar-refractivity contribution in [1.29, 1.82) is 0 Å². The molecule has 0 aliphatic rings. The van der Waals surface area contributed by atoms with Gasteiger partial charge in [0, 0.05) is 30.0 Å². The zero-order chi connectivity index (χ0) is 20.5. The fourth-order valence-corrected chi connectivity index (χ4v) is 3.65. The maximum atomic E-state index is 12.5. The number of benzene rings is 1. The van der Waals surface area contributed by atoms with Gasteiger partial charge in [0.1, 0.15) is 5.82 Å². The molecular formula is C20H24N8O. The third-order valence-electron chi connectivity index (χ3n) is 5.13. The van der Waals surface area contributed by atoms with Crippen LogP contribution in [0.1, 0.15) is 29.2 Å². The first-order valence-corrected chi connectivity index (χ1v) is 9.61. The monoisotopic (exact) mass is 392 g/mol. The van der Waals surface area contributed by atoms with E-state index in [9.17, 15) is 4.79 Å². The van der Waals surface area contributed by atoms with Crippen molar-refractivity contribution in [2.24, 2.45) is 0 Å². The summed E-state index contributed by atoms with van der Waals surface area (Å²) in [4.78, 5) is 25.5. The van der Waals surface area contributed by atoms with Crippen LogP contribution in [-0.2, 0) is 17.8 Å². The summed E-state index contributed by atoms with van der Waals surface area (Å²) in [6, 6.07) is 8.08. The summed E-state index contributed by atoms with van der Waals surface area (Å²) in [7, 11) is 0. The minimum Gasteiger partial charge on any atom is -0.366 e. The number of nitrogens with one attached hydrogen (secondary N) is 1. The van der Waals surface area contributed by atoms with Crippen molar-refractivity contribution in [2.45, 2.75) is 40.2 Å². The number of fused-ring (bicyclic) bond motifs is 2. The maximum Gasteiger partial charge on any atom is 0.254 e. The van der Waals surface area contributed by atoms with E-state index in [-0.39, 0.29) is 18.3 Å². The fourth-order valence-electron chi connectivity index (χ4n) is 3.65. The fraction of sp³-hybridized carbons (Fsp3) is 0.350. The summed E-state index contributed by atoms with van der Waals surface area (Å²) in [5.41, 5.74) is 10.2. The van der Waals surface area contributed by atoms with Crippen molar-refractivity contribution in [3.05, 3.63) is 47.0 Å². The molecule has 4 rings (SSSR count). The Morgan fingerprint density at radius 2 is 1.93 bits per heavy atom. The number of nitrogens with two attached hydrogens (primary N) is 1. The molecule has 3 N–H and O–H groups in total. The smallest absolute Gasteiger partial charge is 0.254 e. The number of carbonyl (C=O) groups is 1. The zero-order valence-electron chi connectivity index (χ0n) is 16.8. The highest BCUT2D eigenvalue weighted by atomic mass is 16.1. The predicted octanol–water partition coefficient (Wildman–Crippen LogP) is 1.73. The molecule has 0 unspecified atom stereocenters. The number of rotatable bonds is 6. The Kier molecular flexibility index (Phi) is 4.87. The quantitative estimate of drug-likeness (QED) is 0.483. The molecule has 0 atom stereocenters. The Balaban J connectivity index is 1.37. The minimum absolute atomic E-state index is 0.0438. The van der Waals surface area contributed by atoms with Crippen molar-refractivity contribution < 1.29 is 4.79 Å². The summed E-state index contributed by atoms with van der Waals surface area (Å²) in [6.07, 6.45) is 1.06. The molecule has 0 spiro atoms. The van der Waals surface area contributed by atoms with E-state index >= 15 is 0 Å². The van der Waals surface area contributed by atoms with Crippen LogP contribution < -0.4 is 11.1 Å². The van der Waals surface area contributed by atoms with E-state index in [0.29, 0.717) is 12.3 Å². The third-order valence-corrected chi connectivity index (χ3v) is 5.13. The van der Waals surface area contributed by atoms with E-state index in [0.717, 1.165) is 46.8 Å². The lowest BCUT2D eigenvalue weighted by molar-refractivity contribution is -0.120. The summed E-state index contributed by atoms with van der Waals surface area (Å²) in [5, 5.41) is 7.14. The topological polar surface area (TPSA) is 116 Å². The molecule has 3 aromatic heterocycles. The molecule has 0 bridgehead atoms. The number of aryl methyl sites for hydroxylation is 4. The number of hydrogen-bond acceptors (Lipinski definition) is 6. The first-order valence-electron chi connectivity index (χ1n) is 9.61. The normalized spacial score (nSPS) is 11.4. The highest BCUT2D eigenvalue weighted by molar-refractivity contribution is 5.79. The van der Waals surface area contributed by atoms with Crippen LogP contribution in [0.5, 0.6) is 0 Å². The van der Waals surface area contributed by atoms with Crippen LogP contribution >= 0.6 is 0 Å². The molecule has 0 aliphatic heterocycles. The highest BCUT2D eigenvalue weighted by Gasteiger charge is 2.15. The molecule has 3 heterocycles. The average molecular weight is 392 g/mol. The van der Waals surface area contributed by atoms with Gasteiger partial charge in [0.05, 0.1) is 17.5 Å². The SMILES string of the molecule is Cc1nc2nc(N)nn2c(C)c1CC(=O)NCCCn1c(C)nc2ccccc21. The van der Waals surface area contributed by atoms with Crippen LogP contribution in [0.3, 0.4) is 0 Å². The molecule has 0 saturated heterocycles. The van der Waals surface area contributed by atoms with Crippen LogP contribution in [0.15, 0.2) is 24.3 Å². The molecule has 4 aromatic rings. The number of nitrogens with zero attached hydrogens (tertiary/aromatic N) is 6. The Morgan fingerprint density at radius 1 is 1.14 bits per heavy atom. The molecule has 0 radical (unpaired) electrons. The standard InChI is InChI=1S/C20H24N8O/c1-12-15(13(2)28-20(23-12)25-19(21)26-28)11-18(29)22-9-6-10-27-14(3)24-16-7-4-5-8-17(16)27/h4-5,7-8H,6,9-11H2,1-3H3,(H2,21,26)(H,22,29). The van der Waals surface area contributed by atoms with Gasteiger partial charge >= 0.3 is 0 Å². The Morgan fingerprint density at radius 3 is 2.76 bits per heavy atom. The minimum atomic E-state index is -0.0438. The first-order chi connectivity index (χ1) is 13.9. The molecule has 9 nitrogen and oxygen atoms in total. The molecule has 0 saturated carbocycles. The van der Waals surface area contributed by atoms with Gasteiger partial charge in [-0.05, 0) is 39.3 Å². The van der Waals surface area contributed by atoms with Crippen LogP contribution in [0.4, 0.5) is 5.95 Å². The van der Waals surface area contributed by atoms with E-state index in [1.807, 2.05) is 39.0 Å². The molecular weight excluding hydrogens is 368 g/mol. The largest absolute Gasteiger partial charge is 0.366 e. The van der Waals surface area contributed by atoms with Crippen LogP contribution in [0, 0.1) is 20.8 Å². The lowest BCUT2D eigenvalue weighted by atomic mass is 10.1. The van der Waals surface area contributed by atoms with E-state index in [1.54, 1.807) is 4.52 Å². The number of para-hydroxylation sites is 2. The molecule has 1 aromatic carbocycles. The second kappa shape index (κ2) is 7.50. The van der Waals surface area contributed by atoms with Gasteiger partial charge < -0.3 is 15.6 Å². The molecule has 150 valence electrons. The second-order valence-corrected chi connectivity index (χ2v) is 7.12. The molecule has 29 heavy (non-hydrogen) atoms. The second-order valence-electron chi connectivity index (χ2n) is 7.12. The van der Waals surface area contributed by atoms with Gasteiger partial charge in [0.2, 0.25) is 11.9 Å².